The first-order chi connectivity index (χ1) is 12.1. The highest BCUT2D eigenvalue weighted by molar-refractivity contribution is 5.96. The first-order valence-corrected chi connectivity index (χ1v) is 8.11. The van der Waals surface area contributed by atoms with E-state index in [1.807, 2.05) is 25.2 Å². The molecule has 25 heavy (non-hydrogen) atoms. The summed E-state index contributed by atoms with van der Waals surface area (Å²) in [6.07, 6.45) is 0.757. The number of benzene rings is 2. The number of nitrogens with zero attached hydrogens (tertiary/aromatic N) is 1. The van der Waals surface area contributed by atoms with E-state index >= 15 is 0 Å². The molecule has 6 heteroatoms. The third-order valence-electron chi connectivity index (χ3n) is 3.65. The van der Waals surface area contributed by atoms with Gasteiger partial charge in [-0.2, -0.15) is 8.78 Å². The lowest BCUT2D eigenvalue weighted by Crippen LogP contribution is -2.28. The van der Waals surface area contributed by atoms with Crippen molar-refractivity contribution < 1.29 is 18.3 Å². The molecule has 0 aliphatic heterocycles. The topological polar surface area (TPSA) is 41.6 Å². The summed E-state index contributed by atoms with van der Waals surface area (Å²) < 4.78 is 29.1. The molecule has 0 saturated heterocycles. The molecule has 0 aliphatic rings. The van der Waals surface area contributed by atoms with Crippen LogP contribution in [0.25, 0.3) is 0 Å². The van der Waals surface area contributed by atoms with E-state index in [0.29, 0.717) is 6.54 Å². The molecule has 2 aromatic carbocycles. The van der Waals surface area contributed by atoms with Crippen LogP contribution in [-0.4, -0.2) is 37.6 Å². The van der Waals surface area contributed by atoms with Gasteiger partial charge >= 0.3 is 6.61 Å². The molecule has 1 amide bonds. The Kier molecular flexibility index (Phi) is 7.35. The number of para-hydroxylation sites is 1. The molecule has 0 heterocycles. The molecule has 0 fully saturated rings. The second-order valence-corrected chi connectivity index (χ2v) is 5.71. The number of nitrogens with one attached hydrogen (secondary N) is 1. The van der Waals surface area contributed by atoms with Crippen LogP contribution in [0.15, 0.2) is 54.6 Å². The van der Waals surface area contributed by atoms with Crippen LogP contribution in [0, 0.1) is 0 Å². The van der Waals surface area contributed by atoms with E-state index in [-0.39, 0.29) is 11.3 Å². The van der Waals surface area contributed by atoms with Gasteiger partial charge in [0.15, 0.2) is 0 Å². The van der Waals surface area contributed by atoms with Gasteiger partial charge < -0.3 is 15.0 Å². The summed E-state index contributed by atoms with van der Waals surface area (Å²) in [4.78, 5) is 14.3. The molecule has 0 aromatic heterocycles. The second kappa shape index (κ2) is 9.74. The predicted molar refractivity (Wildman–Crippen MR) is 92.8 cm³/mol. The summed E-state index contributed by atoms with van der Waals surface area (Å²) in [7, 11) is 2.01. The molecule has 0 unspecified atom stereocenters. The monoisotopic (exact) mass is 348 g/mol. The Morgan fingerprint density at radius 2 is 1.80 bits per heavy atom. The summed E-state index contributed by atoms with van der Waals surface area (Å²) in [5.41, 5.74) is 1.34. The van der Waals surface area contributed by atoms with Gasteiger partial charge in [0.05, 0.1) is 5.56 Å². The molecule has 0 aliphatic carbocycles. The number of halogens is 2. The Balaban J connectivity index is 1.75. The third-order valence-corrected chi connectivity index (χ3v) is 3.65. The summed E-state index contributed by atoms with van der Waals surface area (Å²) >= 11 is 0. The van der Waals surface area contributed by atoms with Crippen LogP contribution in [0.3, 0.4) is 0 Å². The van der Waals surface area contributed by atoms with Crippen molar-refractivity contribution in [3.05, 3.63) is 65.7 Å². The number of rotatable bonds is 9. The van der Waals surface area contributed by atoms with Crippen LogP contribution in [-0.2, 0) is 6.54 Å². The van der Waals surface area contributed by atoms with Crippen molar-refractivity contribution in [1.82, 2.24) is 10.2 Å². The number of carbonyl (C=O) groups excluding carboxylic acids is 1. The Labute approximate surface area is 146 Å². The smallest absolute Gasteiger partial charge is 0.387 e. The number of ether oxygens (including phenoxy) is 1. The summed E-state index contributed by atoms with van der Waals surface area (Å²) in [6.45, 7) is -0.855. The largest absolute Gasteiger partial charge is 0.434 e. The molecule has 0 bridgehead atoms. The average molecular weight is 348 g/mol. The average Bonchev–Trinajstić information content (AvgIpc) is 2.59. The highest BCUT2D eigenvalue weighted by Crippen LogP contribution is 2.19. The zero-order chi connectivity index (χ0) is 18.1. The number of hydrogen-bond acceptors (Lipinski definition) is 3. The predicted octanol–water partition coefficient (Wildman–Crippen LogP) is 3.54. The van der Waals surface area contributed by atoms with Crippen molar-refractivity contribution in [1.29, 1.82) is 0 Å². The summed E-state index contributed by atoms with van der Waals surface area (Å²) in [5.74, 6) is -0.529. The molecule has 0 saturated carbocycles. The van der Waals surface area contributed by atoms with Gasteiger partial charge in [-0.15, -0.1) is 0 Å². The molecule has 0 radical (unpaired) electrons. The fourth-order valence-corrected chi connectivity index (χ4v) is 2.47. The molecular formula is C19H22F2N2O2. The van der Waals surface area contributed by atoms with Crippen molar-refractivity contribution in [2.75, 3.05) is 20.1 Å². The Morgan fingerprint density at radius 1 is 1.12 bits per heavy atom. The van der Waals surface area contributed by atoms with E-state index in [0.717, 1.165) is 19.5 Å². The lowest BCUT2D eigenvalue weighted by molar-refractivity contribution is -0.0501. The maximum Gasteiger partial charge on any atom is 0.387 e. The summed E-state index contributed by atoms with van der Waals surface area (Å²) in [6, 6.07) is 16.1. The maximum atomic E-state index is 12.4. The van der Waals surface area contributed by atoms with Crippen LogP contribution in [0.2, 0.25) is 0 Å². The van der Waals surface area contributed by atoms with Crippen LogP contribution in [0.4, 0.5) is 8.78 Å². The minimum absolute atomic E-state index is 0.112. The lowest BCUT2D eigenvalue weighted by Gasteiger charge is -2.17. The van der Waals surface area contributed by atoms with Gasteiger partial charge in [-0.05, 0) is 37.7 Å². The van der Waals surface area contributed by atoms with Gasteiger partial charge in [-0.25, -0.2) is 0 Å². The number of hydrogen-bond donors (Lipinski definition) is 1. The molecule has 2 rings (SSSR count). The van der Waals surface area contributed by atoms with Crippen molar-refractivity contribution in [3.63, 3.8) is 0 Å². The minimum atomic E-state index is -2.96. The maximum absolute atomic E-state index is 12.4. The van der Waals surface area contributed by atoms with Crippen LogP contribution in [0.1, 0.15) is 22.3 Å². The fraction of sp³-hybridized carbons (Fsp3) is 0.316. The molecule has 0 atom stereocenters. The number of alkyl halides is 2. The second-order valence-electron chi connectivity index (χ2n) is 5.71. The van der Waals surface area contributed by atoms with Crippen molar-refractivity contribution >= 4 is 5.91 Å². The van der Waals surface area contributed by atoms with E-state index in [2.05, 4.69) is 27.1 Å². The number of carbonyl (C=O) groups is 1. The first-order valence-electron chi connectivity index (χ1n) is 8.11. The quantitative estimate of drug-likeness (QED) is 0.705. The van der Waals surface area contributed by atoms with E-state index < -0.39 is 12.5 Å². The van der Waals surface area contributed by atoms with Crippen LogP contribution in [0.5, 0.6) is 5.75 Å². The van der Waals surface area contributed by atoms with Crippen molar-refractivity contribution in [2.45, 2.75) is 19.6 Å². The Bertz CT molecular complexity index is 665. The Hall–Kier alpha value is -2.47. The van der Waals surface area contributed by atoms with Crippen molar-refractivity contribution in [2.24, 2.45) is 0 Å². The Morgan fingerprint density at radius 3 is 2.52 bits per heavy atom. The highest BCUT2D eigenvalue weighted by atomic mass is 19.3. The number of amides is 1. The highest BCUT2D eigenvalue weighted by Gasteiger charge is 2.14. The normalized spacial score (nSPS) is 10.9. The molecule has 1 N–H and O–H groups in total. The standard InChI is InChI=1S/C19H22F2N2O2/c1-23(14-15-8-3-2-4-9-15)13-7-12-22-18(24)16-10-5-6-11-17(16)25-19(20)21/h2-6,8-11,19H,7,12-14H2,1H3,(H,22,24). The molecule has 134 valence electrons. The molecular weight excluding hydrogens is 326 g/mol. The SMILES string of the molecule is CN(CCCNC(=O)c1ccccc1OC(F)F)Cc1ccccc1. The lowest BCUT2D eigenvalue weighted by atomic mass is 10.2. The van der Waals surface area contributed by atoms with Gasteiger partial charge in [-0.1, -0.05) is 42.5 Å². The van der Waals surface area contributed by atoms with Gasteiger partial charge in [0.25, 0.3) is 5.91 Å². The molecule has 0 spiro atoms. The van der Waals surface area contributed by atoms with Gasteiger partial charge in [-0.3, -0.25) is 4.79 Å². The van der Waals surface area contributed by atoms with Crippen LogP contribution < -0.4 is 10.1 Å². The van der Waals surface area contributed by atoms with Gasteiger partial charge in [0, 0.05) is 13.1 Å². The molecule has 2 aromatic rings. The van der Waals surface area contributed by atoms with Gasteiger partial charge in [0.2, 0.25) is 0 Å². The summed E-state index contributed by atoms with van der Waals surface area (Å²) in [5, 5.41) is 2.74. The van der Waals surface area contributed by atoms with Gasteiger partial charge in [0.1, 0.15) is 5.75 Å². The van der Waals surface area contributed by atoms with E-state index in [4.69, 9.17) is 0 Å². The zero-order valence-electron chi connectivity index (χ0n) is 14.1. The van der Waals surface area contributed by atoms with Crippen molar-refractivity contribution in [3.8, 4) is 5.75 Å². The third kappa shape index (κ3) is 6.51. The fourth-order valence-electron chi connectivity index (χ4n) is 2.47. The molecule has 4 nitrogen and oxygen atoms in total. The van der Waals surface area contributed by atoms with E-state index in [9.17, 15) is 13.6 Å². The zero-order valence-corrected chi connectivity index (χ0v) is 14.1. The minimum Gasteiger partial charge on any atom is -0.434 e. The first kappa shape index (κ1) is 18.9. The van der Waals surface area contributed by atoms with E-state index in [1.54, 1.807) is 12.1 Å². The van der Waals surface area contributed by atoms with Crippen LogP contribution >= 0.6 is 0 Å². The van der Waals surface area contributed by atoms with E-state index in [1.165, 1.54) is 17.7 Å².